The zero-order valence-electron chi connectivity index (χ0n) is 20.1. The highest BCUT2D eigenvalue weighted by atomic mass is 32.1. The molecule has 1 N–H and O–H groups in total. The van der Waals surface area contributed by atoms with Gasteiger partial charge in [0.1, 0.15) is 6.04 Å². The number of carbonyl (C=O) groups is 4. The average Bonchev–Trinajstić information content (AvgIpc) is 3.52. The second-order valence-electron chi connectivity index (χ2n) is 9.40. The van der Waals surface area contributed by atoms with Crippen LogP contribution in [0, 0.1) is 5.41 Å². The quantitative estimate of drug-likeness (QED) is 0.488. The van der Waals surface area contributed by atoms with Gasteiger partial charge in [0, 0.05) is 32.6 Å². The first kappa shape index (κ1) is 24.9. The van der Waals surface area contributed by atoms with Crippen LogP contribution in [-0.2, 0) is 16.0 Å². The second-order valence-corrected chi connectivity index (χ2v) is 10.5. The molecule has 4 rings (SSSR count). The molecule has 1 aromatic carbocycles. The third kappa shape index (κ3) is 5.73. The highest BCUT2D eigenvalue weighted by Crippen LogP contribution is 2.40. The summed E-state index contributed by atoms with van der Waals surface area (Å²) < 4.78 is 4.92. The number of likely N-dealkylation sites (tertiary alicyclic amines) is 2. The van der Waals surface area contributed by atoms with Crippen LogP contribution in [-0.4, -0.2) is 72.8 Å². The van der Waals surface area contributed by atoms with Crippen molar-refractivity contribution in [2.45, 2.75) is 38.6 Å². The van der Waals surface area contributed by atoms with E-state index in [2.05, 4.69) is 5.32 Å². The van der Waals surface area contributed by atoms with E-state index in [0.29, 0.717) is 42.4 Å². The minimum absolute atomic E-state index is 0.0195. The van der Waals surface area contributed by atoms with E-state index in [-0.39, 0.29) is 23.1 Å². The van der Waals surface area contributed by atoms with E-state index in [1.807, 2.05) is 35.2 Å². The fraction of sp³-hybridized carbons (Fsp3) is 0.462. The Kier molecular flexibility index (Phi) is 7.54. The van der Waals surface area contributed by atoms with Gasteiger partial charge in [0.15, 0.2) is 5.78 Å². The van der Waals surface area contributed by atoms with E-state index in [1.165, 1.54) is 25.4 Å². The number of Topliss-reactive ketones (excluding diaryl/α,β-unsaturated/α-hetero) is 1. The van der Waals surface area contributed by atoms with Crippen molar-refractivity contribution in [2.75, 3.05) is 33.3 Å². The molecule has 2 aliphatic heterocycles. The van der Waals surface area contributed by atoms with Crippen molar-refractivity contribution >= 4 is 35.0 Å². The maximum atomic E-state index is 13.0. The molecule has 2 aromatic rings. The minimum atomic E-state index is -0.753. The fourth-order valence-electron chi connectivity index (χ4n) is 4.92. The summed E-state index contributed by atoms with van der Waals surface area (Å²) in [6.45, 7) is 3.97. The smallest absolute Gasteiger partial charge is 0.328 e. The third-order valence-corrected chi connectivity index (χ3v) is 8.24. The minimum Gasteiger partial charge on any atom is -0.467 e. The predicted molar refractivity (Wildman–Crippen MR) is 133 cm³/mol. The molecule has 8 nitrogen and oxygen atoms in total. The summed E-state index contributed by atoms with van der Waals surface area (Å²) in [5.74, 6) is -0.537. The number of thiophene rings is 1. The molecule has 0 radical (unpaired) electrons. The molecule has 2 saturated heterocycles. The molecule has 1 atom stereocenters. The van der Waals surface area contributed by atoms with Crippen molar-refractivity contribution in [1.29, 1.82) is 0 Å². The lowest BCUT2D eigenvalue weighted by Crippen LogP contribution is -2.50. The zero-order valence-corrected chi connectivity index (χ0v) is 20.9. The first-order chi connectivity index (χ1) is 16.8. The fourth-order valence-corrected chi connectivity index (χ4v) is 5.79. The Morgan fingerprint density at radius 3 is 2.20 bits per heavy atom. The van der Waals surface area contributed by atoms with E-state index >= 15 is 0 Å². The van der Waals surface area contributed by atoms with Crippen LogP contribution in [0.5, 0.6) is 0 Å². The number of ketones is 1. The van der Waals surface area contributed by atoms with Crippen molar-refractivity contribution in [1.82, 2.24) is 15.1 Å². The molecule has 186 valence electrons. The van der Waals surface area contributed by atoms with Gasteiger partial charge in [-0.15, -0.1) is 11.3 Å². The van der Waals surface area contributed by atoms with Crippen LogP contribution < -0.4 is 5.32 Å². The number of ether oxygens (including phenoxy) is 1. The Morgan fingerprint density at radius 1 is 0.971 bits per heavy atom. The lowest BCUT2D eigenvalue weighted by Gasteiger charge is -2.39. The predicted octanol–water partition coefficient (Wildman–Crippen LogP) is 3.37. The molecule has 0 aliphatic carbocycles. The topological polar surface area (TPSA) is 96.0 Å². The standard InChI is InChI=1S/C26H31N3O5S/c1-18(30)21-8-9-22(35-21)23(31)28-13-10-26(11-14-28)12-15-29(17-26)25(33)27-20(24(32)34-2)16-19-6-4-3-5-7-19/h3-9,20H,10-17H2,1-2H3,(H,27,33). The molecular weight excluding hydrogens is 466 g/mol. The molecule has 35 heavy (non-hydrogen) atoms. The molecule has 1 spiro atoms. The summed E-state index contributed by atoms with van der Waals surface area (Å²) in [4.78, 5) is 54.6. The van der Waals surface area contributed by atoms with Gasteiger partial charge >= 0.3 is 12.0 Å². The number of hydrogen-bond donors (Lipinski definition) is 1. The van der Waals surface area contributed by atoms with Crippen LogP contribution in [0.25, 0.3) is 0 Å². The molecule has 9 heteroatoms. The Labute approximate surface area is 209 Å². The summed E-state index contributed by atoms with van der Waals surface area (Å²) in [6, 6.07) is 11.9. The number of rotatable bonds is 6. The van der Waals surface area contributed by atoms with Gasteiger partial charge in [-0.05, 0) is 49.3 Å². The lowest BCUT2D eigenvalue weighted by atomic mass is 9.78. The number of carbonyl (C=O) groups excluding carboxylic acids is 4. The van der Waals surface area contributed by atoms with E-state index in [4.69, 9.17) is 4.74 Å². The van der Waals surface area contributed by atoms with E-state index in [0.717, 1.165) is 24.8 Å². The van der Waals surface area contributed by atoms with Crippen molar-refractivity contribution < 1.29 is 23.9 Å². The Balaban J connectivity index is 1.32. The van der Waals surface area contributed by atoms with Gasteiger partial charge in [0.05, 0.1) is 16.9 Å². The molecule has 2 aliphatic rings. The number of nitrogens with one attached hydrogen (secondary N) is 1. The Hall–Kier alpha value is -3.20. The first-order valence-electron chi connectivity index (χ1n) is 11.9. The number of esters is 1. The van der Waals surface area contributed by atoms with Crippen molar-refractivity contribution in [3.8, 4) is 0 Å². The summed E-state index contributed by atoms with van der Waals surface area (Å²) >= 11 is 1.24. The maximum Gasteiger partial charge on any atom is 0.328 e. The second kappa shape index (κ2) is 10.6. The number of benzene rings is 1. The molecule has 3 heterocycles. The van der Waals surface area contributed by atoms with Crippen LogP contribution in [0.2, 0.25) is 0 Å². The SMILES string of the molecule is COC(=O)C(Cc1ccccc1)NC(=O)N1CCC2(CCN(C(=O)c3ccc(C(C)=O)s3)CC2)C1. The normalized spacial score (nSPS) is 17.8. The Bertz CT molecular complexity index is 1090. The Morgan fingerprint density at radius 2 is 1.60 bits per heavy atom. The van der Waals surface area contributed by atoms with Crippen molar-refractivity contribution in [3.63, 3.8) is 0 Å². The monoisotopic (exact) mass is 497 g/mol. The largest absolute Gasteiger partial charge is 0.467 e. The summed E-state index contributed by atoms with van der Waals surface area (Å²) in [6.07, 6.45) is 2.87. The van der Waals surface area contributed by atoms with Gasteiger partial charge in [0.25, 0.3) is 5.91 Å². The van der Waals surface area contributed by atoms with Gasteiger partial charge in [-0.3, -0.25) is 9.59 Å². The lowest BCUT2D eigenvalue weighted by molar-refractivity contribution is -0.142. The van der Waals surface area contributed by atoms with Crippen LogP contribution in [0.4, 0.5) is 4.79 Å². The van der Waals surface area contributed by atoms with Gasteiger partial charge in [-0.25, -0.2) is 9.59 Å². The number of piperidine rings is 1. The number of amides is 3. The summed E-state index contributed by atoms with van der Waals surface area (Å²) in [5, 5.41) is 2.86. The third-order valence-electron chi connectivity index (χ3n) is 7.07. The van der Waals surface area contributed by atoms with Gasteiger partial charge < -0.3 is 19.9 Å². The first-order valence-corrected chi connectivity index (χ1v) is 12.7. The van der Waals surface area contributed by atoms with Crippen LogP contribution in [0.1, 0.15) is 51.1 Å². The van der Waals surface area contributed by atoms with Gasteiger partial charge in [-0.2, -0.15) is 0 Å². The van der Waals surface area contributed by atoms with E-state index < -0.39 is 12.0 Å². The van der Waals surface area contributed by atoms with E-state index in [1.54, 1.807) is 17.0 Å². The highest BCUT2D eigenvalue weighted by Gasteiger charge is 2.43. The van der Waals surface area contributed by atoms with Crippen LogP contribution in [0.3, 0.4) is 0 Å². The average molecular weight is 498 g/mol. The molecule has 1 aromatic heterocycles. The molecule has 1 unspecified atom stereocenters. The summed E-state index contributed by atoms with van der Waals surface area (Å²) in [7, 11) is 1.32. The molecule has 3 amide bonds. The van der Waals surface area contributed by atoms with Crippen molar-refractivity contribution in [2.24, 2.45) is 5.41 Å². The number of methoxy groups -OCH3 is 1. The highest BCUT2D eigenvalue weighted by molar-refractivity contribution is 7.15. The molecule has 0 bridgehead atoms. The van der Waals surface area contributed by atoms with Crippen molar-refractivity contribution in [3.05, 3.63) is 57.8 Å². The number of hydrogen-bond acceptors (Lipinski definition) is 6. The molecule has 2 fully saturated rings. The molecular formula is C26H31N3O5S. The number of nitrogens with zero attached hydrogens (tertiary/aromatic N) is 2. The number of urea groups is 1. The maximum absolute atomic E-state index is 13.0. The van der Waals surface area contributed by atoms with Gasteiger partial charge in [-0.1, -0.05) is 30.3 Å². The van der Waals surface area contributed by atoms with Gasteiger partial charge in [0.2, 0.25) is 0 Å². The van der Waals surface area contributed by atoms with E-state index in [9.17, 15) is 19.2 Å². The zero-order chi connectivity index (χ0) is 25.0. The van der Waals surface area contributed by atoms with Crippen LogP contribution in [0.15, 0.2) is 42.5 Å². The van der Waals surface area contributed by atoms with Crippen LogP contribution >= 0.6 is 11.3 Å². The molecule has 0 saturated carbocycles. The summed E-state index contributed by atoms with van der Waals surface area (Å²) in [5.41, 5.74) is 0.924.